The van der Waals surface area contributed by atoms with Crippen molar-refractivity contribution < 1.29 is 45.6 Å². The van der Waals surface area contributed by atoms with Gasteiger partial charge in [-0.1, -0.05) is 121 Å². The summed E-state index contributed by atoms with van der Waals surface area (Å²) in [5.74, 6) is 0.665. The van der Waals surface area contributed by atoms with E-state index in [4.69, 9.17) is 9.47 Å². The predicted molar refractivity (Wildman–Crippen MR) is 205 cm³/mol. The summed E-state index contributed by atoms with van der Waals surface area (Å²) in [7, 11) is -9.05. The number of ether oxygens (including phenoxy) is 2. The average molecular weight is 795 g/mol. The van der Waals surface area contributed by atoms with Gasteiger partial charge in [0, 0.05) is 5.56 Å². The summed E-state index contributed by atoms with van der Waals surface area (Å²) in [6.07, 6.45) is 14.6. The monoisotopic (exact) mass is 794 g/mol. The van der Waals surface area contributed by atoms with Crippen LogP contribution in [0.25, 0.3) is 0 Å². The van der Waals surface area contributed by atoms with Crippen LogP contribution in [0.4, 0.5) is 0 Å². The maximum Gasteiger partial charge on any atom is 2.00 e. The van der Waals surface area contributed by atoms with Crippen molar-refractivity contribution >= 4 is 58.0 Å². The van der Waals surface area contributed by atoms with Crippen molar-refractivity contribution in [2.45, 2.75) is 114 Å². The van der Waals surface area contributed by atoms with Crippen LogP contribution in [0.3, 0.4) is 0 Å². The fourth-order valence-corrected chi connectivity index (χ4v) is 6.89. The number of hydrogen-bond acceptors (Lipinski definition) is 9. The molecule has 4 rings (SSSR count). The first-order valence-corrected chi connectivity index (χ1v) is 20.8. The minimum absolute atomic E-state index is 0. The molecule has 0 fully saturated rings. The SMILES string of the molecule is CCCCCCCCc1c(O)cccc1Oc1ccccc1S(=O)(=O)O.CCCCCCCCc1c([O-])cccc1Oc1ccccc1S(=O)(=O)[O-].[Ca+2]. The van der Waals surface area contributed by atoms with E-state index in [0.29, 0.717) is 35.5 Å². The predicted octanol–water partition coefficient (Wildman–Crippen LogP) is 9.31. The summed E-state index contributed by atoms with van der Waals surface area (Å²) in [4.78, 5) is -0.726. The van der Waals surface area contributed by atoms with E-state index in [1.807, 2.05) is 0 Å². The fraction of sp³-hybridized carbons (Fsp3) is 0.400. The van der Waals surface area contributed by atoms with E-state index < -0.39 is 25.1 Å². The largest absolute Gasteiger partial charge is 2.00 e. The number of phenols is 1. The van der Waals surface area contributed by atoms with Crippen LogP contribution in [-0.2, 0) is 33.1 Å². The van der Waals surface area contributed by atoms with Gasteiger partial charge in [0.15, 0.2) is 0 Å². The van der Waals surface area contributed by atoms with Crippen LogP contribution in [0.2, 0.25) is 0 Å². The maximum absolute atomic E-state index is 12.2. The normalized spacial score (nSPS) is 11.2. The Labute approximate surface area is 345 Å². The molecule has 0 amide bonds. The number of hydrogen-bond donors (Lipinski definition) is 2. The molecule has 0 saturated carbocycles. The second-order valence-corrected chi connectivity index (χ2v) is 15.3. The summed E-state index contributed by atoms with van der Waals surface area (Å²) < 4.78 is 78.0. The van der Waals surface area contributed by atoms with E-state index in [1.165, 1.54) is 81.0 Å². The molecular formula is C40H50CaO10S2. The van der Waals surface area contributed by atoms with Gasteiger partial charge in [-0.2, -0.15) is 8.42 Å². The smallest absolute Gasteiger partial charge is 0.872 e. The second kappa shape index (κ2) is 23.8. The second-order valence-electron chi connectivity index (χ2n) is 12.5. The number of benzene rings is 4. The minimum Gasteiger partial charge on any atom is -0.872 e. The van der Waals surface area contributed by atoms with Crippen molar-refractivity contribution in [2.24, 2.45) is 0 Å². The minimum atomic E-state index is -4.66. The van der Waals surface area contributed by atoms with Crippen molar-refractivity contribution in [2.75, 3.05) is 0 Å². The van der Waals surface area contributed by atoms with Gasteiger partial charge in [-0.3, -0.25) is 4.55 Å². The number of phenolic OH excluding ortho intramolecular Hbond substituents is 1. The molecule has 0 atom stereocenters. The zero-order chi connectivity index (χ0) is 38.0. The fourth-order valence-electron chi connectivity index (χ4n) is 5.68. The van der Waals surface area contributed by atoms with Gasteiger partial charge < -0.3 is 24.2 Å². The van der Waals surface area contributed by atoms with Crippen molar-refractivity contribution in [1.82, 2.24) is 0 Å². The summed E-state index contributed by atoms with van der Waals surface area (Å²) in [6, 6.07) is 21.1. The van der Waals surface area contributed by atoms with Crippen molar-refractivity contribution in [1.29, 1.82) is 0 Å². The molecule has 0 aliphatic rings. The molecule has 0 aromatic heterocycles. The summed E-state index contributed by atoms with van der Waals surface area (Å²) in [6.45, 7) is 4.34. The van der Waals surface area contributed by atoms with Gasteiger partial charge in [0.2, 0.25) is 0 Å². The van der Waals surface area contributed by atoms with Crippen LogP contribution in [0.1, 0.15) is 102 Å². The van der Waals surface area contributed by atoms with E-state index in [1.54, 1.807) is 42.5 Å². The molecule has 4 aromatic rings. The molecule has 0 heterocycles. The van der Waals surface area contributed by atoms with Crippen molar-refractivity contribution in [3.8, 4) is 34.5 Å². The first kappa shape index (κ1) is 46.3. The Morgan fingerprint density at radius 3 is 1.49 bits per heavy atom. The number of aromatic hydroxyl groups is 1. The molecular weight excluding hydrogens is 745 g/mol. The van der Waals surface area contributed by atoms with Gasteiger partial charge >= 0.3 is 37.7 Å². The Balaban J connectivity index is 0.000000360. The molecule has 0 bridgehead atoms. The third-order valence-corrected chi connectivity index (χ3v) is 10.2. The Kier molecular flexibility index (Phi) is 20.8. The molecule has 0 unspecified atom stereocenters. The van der Waals surface area contributed by atoms with Gasteiger partial charge in [0.1, 0.15) is 43.8 Å². The quantitative estimate of drug-likeness (QED) is 0.0499. The molecule has 0 aliphatic carbocycles. The van der Waals surface area contributed by atoms with E-state index >= 15 is 0 Å². The van der Waals surface area contributed by atoms with Gasteiger partial charge in [-0.15, -0.1) is 5.75 Å². The molecule has 0 aliphatic heterocycles. The Morgan fingerprint density at radius 1 is 0.547 bits per heavy atom. The zero-order valence-corrected chi connectivity index (χ0v) is 34.5. The first-order chi connectivity index (χ1) is 24.9. The molecule has 2 N–H and O–H groups in total. The summed E-state index contributed by atoms with van der Waals surface area (Å²) in [5.41, 5.74) is 1.16. The van der Waals surface area contributed by atoms with E-state index in [2.05, 4.69) is 13.8 Å². The Bertz CT molecular complexity index is 1780. The van der Waals surface area contributed by atoms with E-state index in [9.17, 15) is 36.2 Å². The number of unbranched alkanes of at least 4 members (excludes halogenated alkanes) is 10. The van der Waals surface area contributed by atoms with Crippen LogP contribution in [0, 0.1) is 0 Å². The van der Waals surface area contributed by atoms with Gasteiger partial charge in [-0.05, 0) is 73.7 Å². The van der Waals surface area contributed by atoms with Crippen LogP contribution in [0.15, 0.2) is 94.7 Å². The summed E-state index contributed by atoms with van der Waals surface area (Å²) in [5, 5.41) is 22.4. The van der Waals surface area contributed by atoms with Crippen LogP contribution >= 0.6 is 0 Å². The third kappa shape index (κ3) is 15.8. The molecule has 0 radical (unpaired) electrons. The van der Waals surface area contributed by atoms with Gasteiger partial charge in [0.05, 0.1) is 4.90 Å². The topological polar surface area (TPSA) is 173 Å². The van der Waals surface area contributed by atoms with E-state index in [0.717, 1.165) is 38.5 Å². The number of para-hydroxylation sites is 2. The standard InChI is InChI=1S/2C20H26O5S.Ca/c2*1-2-3-4-5-6-7-11-16-17(21)12-10-14-18(16)25-19-13-8-9-15-20(19)26(22,23)24;/h2*8-10,12-15,21H,2-7,11H2,1H3,(H,22,23,24);/q;;+2/p-2. The summed E-state index contributed by atoms with van der Waals surface area (Å²) >= 11 is 0. The molecule has 4 aromatic carbocycles. The molecule has 53 heavy (non-hydrogen) atoms. The third-order valence-electron chi connectivity index (χ3n) is 8.44. The van der Waals surface area contributed by atoms with E-state index in [-0.39, 0.29) is 65.6 Å². The van der Waals surface area contributed by atoms with Crippen molar-refractivity contribution in [3.05, 3.63) is 96.1 Å². The molecule has 13 heteroatoms. The zero-order valence-electron chi connectivity index (χ0n) is 30.7. The maximum atomic E-state index is 12.2. The van der Waals surface area contributed by atoms with Crippen LogP contribution < -0.4 is 14.6 Å². The van der Waals surface area contributed by atoms with Crippen LogP contribution in [-0.4, -0.2) is 68.8 Å². The molecule has 284 valence electrons. The van der Waals surface area contributed by atoms with Crippen LogP contribution in [0.5, 0.6) is 34.5 Å². The Hall–Kier alpha value is -2.84. The molecule has 0 spiro atoms. The van der Waals surface area contributed by atoms with Gasteiger partial charge in [0.25, 0.3) is 10.1 Å². The average Bonchev–Trinajstić information content (AvgIpc) is 3.10. The van der Waals surface area contributed by atoms with Crippen molar-refractivity contribution in [3.63, 3.8) is 0 Å². The van der Waals surface area contributed by atoms with Gasteiger partial charge in [-0.25, -0.2) is 8.42 Å². The first-order valence-electron chi connectivity index (χ1n) is 17.9. The Morgan fingerprint density at radius 2 is 0.962 bits per heavy atom. The molecule has 10 nitrogen and oxygen atoms in total. The molecule has 0 saturated heterocycles. The number of rotatable bonds is 20.